The van der Waals surface area contributed by atoms with Crippen LogP contribution in [0, 0.1) is 11.3 Å². The fourth-order valence-electron chi connectivity index (χ4n) is 1.97. The maximum atomic E-state index is 5.90. The normalized spacial score (nSPS) is 39.6. The van der Waals surface area contributed by atoms with Crippen molar-refractivity contribution >= 4 is 0 Å². The predicted octanol–water partition coefficient (Wildman–Crippen LogP) is 2.16. The van der Waals surface area contributed by atoms with Gasteiger partial charge in [-0.25, -0.2) is 0 Å². The monoisotopic (exact) mass is 141 g/mol. The fourth-order valence-corrected chi connectivity index (χ4v) is 1.97. The number of hydrogen-bond acceptors (Lipinski definition) is 1. The molecule has 1 aliphatic rings. The second-order valence-electron chi connectivity index (χ2n) is 4.55. The third kappa shape index (κ3) is 1.72. The van der Waals surface area contributed by atoms with Gasteiger partial charge < -0.3 is 5.73 Å². The van der Waals surface area contributed by atoms with Gasteiger partial charge in [-0.2, -0.15) is 0 Å². The summed E-state index contributed by atoms with van der Waals surface area (Å²) >= 11 is 0. The quantitative estimate of drug-likeness (QED) is 0.549. The van der Waals surface area contributed by atoms with Crippen molar-refractivity contribution in [1.82, 2.24) is 0 Å². The highest BCUT2D eigenvalue weighted by Crippen LogP contribution is 2.37. The van der Waals surface area contributed by atoms with Crippen molar-refractivity contribution in [2.24, 2.45) is 17.1 Å². The zero-order chi connectivity index (χ0) is 7.78. The molecular formula is C9H19N. The summed E-state index contributed by atoms with van der Waals surface area (Å²) in [5.74, 6) is 0.726. The standard InChI is InChI=1S/C9H19N/c1-7-6-9(2,3)5-4-8(7)10/h7-8H,4-6,10H2,1-3H3/t7-,8+/m1/s1. The van der Waals surface area contributed by atoms with Crippen LogP contribution in [-0.2, 0) is 0 Å². The topological polar surface area (TPSA) is 26.0 Å². The van der Waals surface area contributed by atoms with Gasteiger partial charge in [0.05, 0.1) is 0 Å². The molecule has 0 heterocycles. The summed E-state index contributed by atoms with van der Waals surface area (Å²) in [4.78, 5) is 0. The van der Waals surface area contributed by atoms with Crippen molar-refractivity contribution in [3.8, 4) is 0 Å². The molecule has 2 N–H and O–H groups in total. The van der Waals surface area contributed by atoms with Gasteiger partial charge in [-0.1, -0.05) is 20.8 Å². The van der Waals surface area contributed by atoms with Crippen LogP contribution in [0.1, 0.15) is 40.0 Å². The molecule has 0 aromatic heterocycles. The van der Waals surface area contributed by atoms with Gasteiger partial charge in [0.25, 0.3) is 0 Å². The summed E-state index contributed by atoms with van der Waals surface area (Å²) in [6, 6.07) is 0.466. The molecule has 1 fully saturated rings. The van der Waals surface area contributed by atoms with Gasteiger partial charge in [0, 0.05) is 6.04 Å². The molecule has 2 atom stereocenters. The molecule has 0 bridgehead atoms. The minimum Gasteiger partial charge on any atom is -0.327 e. The predicted molar refractivity (Wildman–Crippen MR) is 44.8 cm³/mol. The van der Waals surface area contributed by atoms with E-state index in [2.05, 4.69) is 20.8 Å². The van der Waals surface area contributed by atoms with Crippen molar-refractivity contribution in [3.63, 3.8) is 0 Å². The van der Waals surface area contributed by atoms with E-state index in [9.17, 15) is 0 Å². The van der Waals surface area contributed by atoms with Crippen LogP contribution in [-0.4, -0.2) is 6.04 Å². The lowest BCUT2D eigenvalue weighted by Gasteiger charge is -2.37. The maximum Gasteiger partial charge on any atom is 0.00649 e. The molecule has 0 aromatic carbocycles. The van der Waals surface area contributed by atoms with E-state index in [0.29, 0.717) is 11.5 Å². The number of hydrogen-bond donors (Lipinski definition) is 1. The fraction of sp³-hybridized carbons (Fsp3) is 1.00. The molecule has 1 rings (SSSR count). The first-order valence-corrected chi connectivity index (χ1v) is 4.27. The Kier molecular flexibility index (Phi) is 2.04. The molecule has 60 valence electrons. The van der Waals surface area contributed by atoms with E-state index in [-0.39, 0.29) is 0 Å². The van der Waals surface area contributed by atoms with E-state index >= 15 is 0 Å². The van der Waals surface area contributed by atoms with E-state index in [0.717, 1.165) is 5.92 Å². The first kappa shape index (κ1) is 8.06. The van der Waals surface area contributed by atoms with Gasteiger partial charge in [-0.05, 0) is 30.6 Å². The van der Waals surface area contributed by atoms with Gasteiger partial charge in [0.15, 0.2) is 0 Å². The molecule has 0 aliphatic heterocycles. The summed E-state index contributed by atoms with van der Waals surface area (Å²) < 4.78 is 0. The molecule has 0 radical (unpaired) electrons. The highest BCUT2D eigenvalue weighted by molar-refractivity contribution is 4.84. The first-order chi connectivity index (χ1) is 4.51. The van der Waals surface area contributed by atoms with Crippen LogP contribution in [0.5, 0.6) is 0 Å². The minimum atomic E-state index is 0.466. The largest absolute Gasteiger partial charge is 0.327 e. The average Bonchev–Trinajstić information content (AvgIpc) is 1.79. The molecule has 1 nitrogen and oxygen atoms in total. The molecule has 0 spiro atoms. The zero-order valence-corrected chi connectivity index (χ0v) is 7.35. The Labute approximate surface area is 64.0 Å². The molecule has 1 saturated carbocycles. The van der Waals surface area contributed by atoms with Crippen molar-refractivity contribution in [1.29, 1.82) is 0 Å². The summed E-state index contributed by atoms with van der Waals surface area (Å²) in [6.45, 7) is 6.95. The van der Waals surface area contributed by atoms with E-state index in [4.69, 9.17) is 5.73 Å². The molecule has 0 aromatic rings. The lowest BCUT2D eigenvalue weighted by molar-refractivity contribution is 0.169. The van der Waals surface area contributed by atoms with Crippen molar-refractivity contribution in [3.05, 3.63) is 0 Å². The lowest BCUT2D eigenvalue weighted by atomic mass is 9.71. The maximum absolute atomic E-state index is 5.90. The zero-order valence-electron chi connectivity index (χ0n) is 7.35. The Balaban J connectivity index is 2.49. The molecule has 10 heavy (non-hydrogen) atoms. The van der Waals surface area contributed by atoms with Crippen molar-refractivity contribution < 1.29 is 0 Å². The molecule has 0 saturated heterocycles. The molecule has 1 heteroatoms. The SMILES string of the molecule is C[C@@H]1CC(C)(C)CC[C@@H]1N. The Morgan fingerprint density at radius 2 is 2.00 bits per heavy atom. The van der Waals surface area contributed by atoms with Gasteiger partial charge >= 0.3 is 0 Å². The van der Waals surface area contributed by atoms with Crippen molar-refractivity contribution in [2.45, 2.75) is 46.1 Å². The van der Waals surface area contributed by atoms with Gasteiger partial charge in [-0.15, -0.1) is 0 Å². The van der Waals surface area contributed by atoms with Crippen LogP contribution in [0.25, 0.3) is 0 Å². The third-order valence-corrected chi connectivity index (χ3v) is 2.76. The minimum absolute atomic E-state index is 0.466. The molecular weight excluding hydrogens is 122 g/mol. The summed E-state index contributed by atoms with van der Waals surface area (Å²) in [6.07, 6.45) is 3.82. The second kappa shape index (κ2) is 2.54. The van der Waals surface area contributed by atoms with Gasteiger partial charge in [0.1, 0.15) is 0 Å². The first-order valence-electron chi connectivity index (χ1n) is 4.27. The highest BCUT2D eigenvalue weighted by Gasteiger charge is 2.29. The summed E-state index contributed by atoms with van der Waals surface area (Å²) in [5, 5.41) is 0. The Bertz CT molecular complexity index is 118. The summed E-state index contributed by atoms with van der Waals surface area (Å²) in [5.41, 5.74) is 6.45. The van der Waals surface area contributed by atoms with Crippen LogP contribution >= 0.6 is 0 Å². The third-order valence-electron chi connectivity index (χ3n) is 2.76. The molecule has 0 amide bonds. The van der Waals surface area contributed by atoms with Gasteiger partial charge in [-0.3, -0.25) is 0 Å². The average molecular weight is 141 g/mol. The van der Waals surface area contributed by atoms with Crippen LogP contribution < -0.4 is 5.73 Å². The Hall–Kier alpha value is -0.0400. The van der Waals surface area contributed by atoms with Crippen LogP contribution in [0.3, 0.4) is 0 Å². The van der Waals surface area contributed by atoms with E-state index < -0.39 is 0 Å². The lowest BCUT2D eigenvalue weighted by Crippen LogP contribution is -2.37. The molecule has 1 aliphatic carbocycles. The molecule has 0 unspecified atom stereocenters. The number of rotatable bonds is 0. The van der Waals surface area contributed by atoms with Gasteiger partial charge in [0.2, 0.25) is 0 Å². The Morgan fingerprint density at radius 3 is 2.40 bits per heavy atom. The van der Waals surface area contributed by atoms with Crippen LogP contribution in [0.4, 0.5) is 0 Å². The second-order valence-corrected chi connectivity index (χ2v) is 4.55. The van der Waals surface area contributed by atoms with Crippen LogP contribution in [0.15, 0.2) is 0 Å². The van der Waals surface area contributed by atoms with E-state index in [1.165, 1.54) is 19.3 Å². The van der Waals surface area contributed by atoms with E-state index in [1.54, 1.807) is 0 Å². The Morgan fingerprint density at radius 1 is 1.40 bits per heavy atom. The highest BCUT2D eigenvalue weighted by atomic mass is 14.7. The number of nitrogens with two attached hydrogens (primary N) is 1. The van der Waals surface area contributed by atoms with E-state index in [1.807, 2.05) is 0 Å². The smallest absolute Gasteiger partial charge is 0.00649 e. The summed E-state index contributed by atoms with van der Waals surface area (Å²) in [7, 11) is 0. The van der Waals surface area contributed by atoms with Crippen molar-refractivity contribution in [2.75, 3.05) is 0 Å². The van der Waals surface area contributed by atoms with Crippen LogP contribution in [0.2, 0.25) is 0 Å².